The van der Waals surface area contributed by atoms with Crippen molar-refractivity contribution in [3.63, 3.8) is 0 Å². The van der Waals surface area contributed by atoms with E-state index < -0.39 is 6.10 Å². The number of aliphatic hydroxyl groups excluding tert-OH is 2. The molecule has 74 valence electrons. The van der Waals surface area contributed by atoms with Crippen molar-refractivity contribution in [3.05, 3.63) is 11.6 Å². The second-order valence-electron chi connectivity index (χ2n) is 2.09. The first-order valence-electron chi connectivity index (χ1n) is 3.38. The van der Waals surface area contributed by atoms with Gasteiger partial charge < -0.3 is 15.3 Å². The Morgan fingerprint density at radius 2 is 2.08 bits per heavy atom. The SMILES string of the molecule is CC(O)CO.Oc1ncnc(Cl)n1. The Balaban J connectivity index is 0.000000252. The van der Waals surface area contributed by atoms with Crippen LogP contribution >= 0.6 is 11.6 Å². The predicted molar refractivity (Wildman–Crippen MR) is 45.3 cm³/mol. The highest BCUT2D eigenvalue weighted by molar-refractivity contribution is 6.28. The number of hydrogen-bond acceptors (Lipinski definition) is 6. The molecule has 0 bridgehead atoms. The summed E-state index contributed by atoms with van der Waals surface area (Å²) in [7, 11) is 0. The minimum Gasteiger partial charge on any atom is -0.479 e. The molecular weight excluding hydrogens is 198 g/mol. The van der Waals surface area contributed by atoms with Gasteiger partial charge in [-0.25, -0.2) is 4.98 Å². The Kier molecular flexibility index (Phi) is 6.03. The van der Waals surface area contributed by atoms with Crippen LogP contribution in [0.1, 0.15) is 6.92 Å². The standard InChI is InChI=1S/C3H2ClN3O.C3H8O2/c4-2-5-1-6-3(8)7-2;1-3(5)2-4/h1H,(H,5,6,7,8);3-5H,2H2,1H3. The third-order valence-corrected chi connectivity index (χ3v) is 0.976. The smallest absolute Gasteiger partial charge is 0.318 e. The Labute approximate surface area is 79.9 Å². The lowest BCUT2D eigenvalue weighted by atomic mass is 10.5. The zero-order valence-electron chi connectivity index (χ0n) is 6.92. The molecule has 1 unspecified atom stereocenters. The van der Waals surface area contributed by atoms with Crippen LogP contribution in [-0.2, 0) is 0 Å². The first-order valence-corrected chi connectivity index (χ1v) is 3.76. The van der Waals surface area contributed by atoms with E-state index in [0.29, 0.717) is 0 Å². The molecule has 1 heterocycles. The maximum Gasteiger partial charge on any atom is 0.318 e. The highest BCUT2D eigenvalue weighted by atomic mass is 35.5. The van der Waals surface area contributed by atoms with E-state index in [4.69, 9.17) is 26.9 Å². The molecule has 0 aliphatic carbocycles. The fourth-order valence-electron chi connectivity index (χ4n) is 0.268. The van der Waals surface area contributed by atoms with Crippen molar-refractivity contribution in [3.8, 4) is 6.01 Å². The summed E-state index contributed by atoms with van der Waals surface area (Å²) in [5.74, 6) is 0. The molecule has 13 heavy (non-hydrogen) atoms. The lowest BCUT2D eigenvalue weighted by Gasteiger charge is -1.90. The van der Waals surface area contributed by atoms with Gasteiger partial charge in [-0.2, -0.15) is 9.97 Å². The van der Waals surface area contributed by atoms with Gasteiger partial charge in [0.25, 0.3) is 0 Å². The largest absolute Gasteiger partial charge is 0.479 e. The van der Waals surface area contributed by atoms with E-state index >= 15 is 0 Å². The van der Waals surface area contributed by atoms with E-state index in [1.165, 1.54) is 6.92 Å². The van der Waals surface area contributed by atoms with Crippen LogP contribution in [-0.4, -0.2) is 43.0 Å². The number of hydrogen-bond donors (Lipinski definition) is 3. The van der Waals surface area contributed by atoms with Gasteiger partial charge in [0, 0.05) is 0 Å². The maximum atomic E-state index is 8.47. The topological polar surface area (TPSA) is 99.4 Å². The number of aliphatic hydroxyl groups is 2. The molecular formula is C6H10ClN3O3. The molecule has 0 saturated carbocycles. The van der Waals surface area contributed by atoms with Crippen LogP contribution < -0.4 is 0 Å². The lowest BCUT2D eigenvalue weighted by Crippen LogP contribution is -2.03. The fourth-order valence-corrected chi connectivity index (χ4v) is 0.388. The van der Waals surface area contributed by atoms with Crippen molar-refractivity contribution in [1.29, 1.82) is 0 Å². The Morgan fingerprint density at radius 1 is 1.54 bits per heavy atom. The summed E-state index contributed by atoms with van der Waals surface area (Å²) in [6.45, 7) is 1.39. The highest BCUT2D eigenvalue weighted by Crippen LogP contribution is 2.00. The predicted octanol–water partition coefficient (Wildman–Crippen LogP) is -0.410. The molecule has 1 aromatic rings. The molecule has 1 rings (SSSR count). The molecule has 0 fully saturated rings. The Hall–Kier alpha value is -0.980. The van der Waals surface area contributed by atoms with Crippen LogP contribution in [0.3, 0.4) is 0 Å². The highest BCUT2D eigenvalue weighted by Gasteiger charge is 1.90. The van der Waals surface area contributed by atoms with Gasteiger partial charge in [-0.05, 0) is 18.5 Å². The zero-order chi connectivity index (χ0) is 10.3. The van der Waals surface area contributed by atoms with Gasteiger partial charge in [-0.1, -0.05) is 0 Å². The van der Waals surface area contributed by atoms with Gasteiger partial charge in [0.2, 0.25) is 5.28 Å². The summed E-state index contributed by atoms with van der Waals surface area (Å²) in [6.07, 6.45) is 0.569. The van der Waals surface area contributed by atoms with Gasteiger partial charge >= 0.3 is 6.01 Å². The zero-order valence-corrected chi connectivity index (χ0v) is 7.68. The number of aromatic nitrogens is 3. The van der Waals surface area contributed by atoms with Crippen molar-refractivity contribution < 1.29 is 15.3 Å². The second-order valence-corrected chi connectivity index (χ2v) is 2.42. The first kappa shape index (κ1) is 12.0. The first-order chi connectivity index (χ1) is 6.06. The lowest BCUT2D eigenvalue weighted by molar-refractivity contribution is 0.110. The summed E-state index contributed by atoms with van der Waals surface area (Å²) < 4.78 is 0. The number of aromatic hydroxyl groups is 1. The molecule has 1 aromatic heterocycles. The van der Waals surface area contributed by atoms with Gasteiger partial charge in [0.05, 0.1) is 12.7 Å². The van der Waals surface area contributed by atoms with Gasteiger partial charge in [-0.3, -0.25) is 0 Å². The molecule has 0 spiro atoms. The van der Waals surface area contributed by atoms with Crippen LogP contribution in [0.4, 0.5) is 0 Å². The molecule has 0 aromatic carbocycles. The number of rotatable bonds is 1. The van der Waals surface area contributed by atoms with Crippen LogP contribution in [0.25, 0.3) is 0 Å². The minimum absolute atomic E-state index is 0.00231. The van der Waals surface area contributed by atoms with Crippen LogP contribution in [0.5, 0.6) is 6.01 Å². The van der Waals surface area contributed by atoms with Gasteiger partial charge in [0.1, 0.15) is 6.33 Å². The van der Waals surface area contributed by atoms with Gasteiger partial charge in [0.15, 0.2) is 0 Å². The normalized spacial score (nSPS) is 11.4. The molecule has 0 aliphatic heterocycles. The minimum atomic E-state index is -0.560. The van der Waals surface area contributed by atoms with Crippen molar-refractivity contribution in [2.45, 2.75) is 13.0 Å². The third kappa shape index (κ3) is 7.38. The van der Waals surface area contributed by atoms with Crippen LogP contribution in [0.15, 0.2) is 6.33 Å². The maximum absolute atomic E-state index is 8.47. The van der Waals surface area contributed by atoms with Crippen molar-refractivity contribution >= 4 is 11.6 Å². The van der Waals surface area contributed by atoms with E-state index in [0.717, 1.165) is 6.33 Å². The Morgan fingerprint density at radius 3 is 2.31 bits per heavy atom. The molecule has 0 aliphatic rings. The molecule has 0 radical (unpaired) electrons. The van der Waals surface area contributed by atoms with E-state index in [2.05, 4.69) is 15.0 Å². The molecule has 3 N–H and O–H groups in total. The third-order valence-electron chi connectivity index (χ3n) is 0.794. The summed E-state index contributed by atoms with van der Waals surface area (Å²) in [5, 5.41) is 24.5. The van der Waals surface area contributed by atoms with E-state index in [-0.39, 0.29) is 17.9 Å². The average Bonchev–Trinajstić information content (AvgIpc) is 2.05. The van der Waals surface area contributed by atoms with Crippen molar-refractivity contribution in [2.24, 2.45) is 0 Å². The van der Waals surface area contributed by atoms with Crippen molar-refractivity contribution in [2.75, 3.05) is 6.61 Å². The summed E-state index contributed by atoms with van der Waals surface area (Å²) in [5.41, 5.74) is 0. The van der Waals surface area contributed by atoms with E-state index in [1.807, 2.05) is 0 Å². The van der Waals surface area contributed by atoms with Crippen LogP contribution in [0.2, 0.25) is 5.28 Å². The molecule has 6 nitrogen and oxygen atoms in total. The fraction of sp³-hybridized carbons (Fsp3) is 0.500. The molecule has 0 saturated heterocycles. The van der Waals surface area contributed by atoms with Crippen molar-refractivity contribution in [1.82, 2.24) is 15.0 Å². The number of nitrogens with zero attached hydrogens (tertiary/aromatic N) is 3. The average molecular weight is 208 g/mol. The summed E-state index contributed by atoms with van der Waals surface area (Å²) >= 11 is 5.22. The number of halogens is 1. The monoisotopic (exact) mass is 207 g/mol. The van der Waals surface area contributed by atoms with E-state index in [1.54, 1.807) is 0 Å². The van der Waals surface area contributed by atoms with E-state index in [9.17, 15) is 0 Å². The second kappa shape index (κ2) is 6.53. The van der Waals surface area contributed by atoms with Gasteiger partial charge in [-0.15, -0.1) is 0 Å². The summed E-state index contributed by atoms with van der Waals surface area (Å²) in [6, 6.07) is -0.356. The van der Waals surface area contributed by atoms with Crippen LogP contribution in [0, 0.1) is 0 Å². The summed E-state index contributed by atoms with van der Waals surface area (Å²) in [4.78, 5) is 9.98. The molecule has 7 heteroatoms. The quantitative estimate of drug-likeness (QED) is 0.579. The Bertz CT molecular complexity index is 229. The molecule has 0 amide bonds. The molecule has 1 atom stereocenters.